The fraction of sp³-hybridized carbons (Fsp3) is 0.870. The molecule has 0 aromatic heterocycles. The average molecular weight is 869 g/mol. The molecule has 3 fully saturated rings. The number of aliphatic hydroxyl groups excluding tert-OH is 4. The Morgan fingerprint density at radius 2 is 1.44 bits per heavy atom. The summed E-state index contributed by atoms with van der Waals surface area (Å²) in [6.45, 7) is 18.2. The largest absolute Gasteiger partial charge is 0.462 e. The SMILES string of the molecule is CC[C@H]1OC(=O)C[C@@H](O)[C@H](C)[C@@H](OC2O[C@H](C)[C@@H](O)[C@H](N(C)C)[C@H]2O)[C@@H](CCN2C[C@H](C)C[C@H](C)C2)C[C@@H](C)C(=O)/C=C/C(C)=C/[C@@H]1CO[C@@H]1O[C@H](C)[C@@H](O)[C@@H](OC)[C@H]1OC. The van der Waals surface area contributed by atoms with Crippen molar-refractivity contribution in [2.45, 2.75) is 167 Å². The highest BCUT2D eigenvalue weighted by molar-refractivity contribution is 5.91. The van der Waals surface area contributed by atoms with Crippen LogP contribution in [0.5, 0.6) is 0 Å². The second-order valence-electron chi connectivity index (χ2n) is 18.9. The maximum Gasteiger partial charge on any atom is 0.308 e. The predicted molar refractivity (Wildman–Crippen MR) is 229 cm³/mol. The normalized spacial score (nSPS) is 44.3. The van der Waals surface area contributed by atoms with Gasteiger partial charge in [0, 0.05) is 45.1 Å². The first-order valence-electron chi connectivity index (χ1n) is 22.6. The number of esters is 1. The van der Waals surface area contributed by atoms with Crippen LogP contribution >= 0.6 is 0 Å². The van der Waals surface area contributed by atoms with Gasteiger partial charge in [-0.05, 0) is 90.9 Å². The van der Waals surface area contributed by atoms with Crippen molar-refractivity contribution < 1.29 is 63.2 Å². The molecular weight excluding hydrogens is 789 g/mol. The Kier molecular flexibility index (Phi) is 20.3. The number of carbonyl (C=O) groups excluding carboxylic acids is 2. The summed E-state index contributed by atoms with van der Waals surface area (Å²) >= 11 is 0. The van der Waals surface area contributed by atoms with Crippen molar-refractivity contribution in [3.63, 3.8) is 0 Å². The number of allylic oxidation sites excluding steroid dienone is 3. The second kappa shape index (κ2) is 23.9. The molecule has 0 radical (unpaired) electrons. The zero-order valence-corrected chi connectivity index (χ0v) is 38.9. The lowest BCUT2D eigenvalue weighted by molar-refractivity contribution is -0.304. The average Bonchev–Trinajstić information content (AvgIpc) is 3.19. The maximum atomic E-state index is 14.0. The molecule has 1 unspecified atom stereocenters. The lowest BCUT2D eigenvalue weighted by Crippen LogP contribution is -2.63. The molecule has 3 saturated heterocycles. The standard InChI is InChI=1S/C46H80N2O13/c1-13-36-33(24-57-46-44(56-12)43(55-11)40(53)31(8)59-46)19-25(2)14-15-34(49)28(5)20-32(16-17-48-22-26(3)18-27(4)23-48)42(29(6)35(50)21-37(51)60-36)61-45-41(54)38(47(9)10)39(52)30(7)58-45/h14-15,19,26-33,35-36,38-46,50,52-54H,13,16-18,20-24H2,1-12H3/b15-14+,25-19+/t26-,27+,28-,29+,30-,31-,32+,33-,35-,36-,38+,39-,40-,41-,42-,43-,44-,45?,46-/m1/s1. The minimum absolute atomic E-state index is 0.0427. The van der Waals surface area contributed by atoms with E-state index in [-0.39, 0.29) is 24.7 Å². The number of nitrogens with zero attached hydrogens (tertiary/aromatic N) is 2. The lowest BCUT2D eigenvalue weighted by atomic mass is 9.79. The molecular formula is C46H80N2O13. The number of ketones is 1. The van der Waals surface area contributed by atoms with E-state index in [1.807, 2.05) is 33.8 Å². The number of aliphatic hydroxyl groups is 4. The maximum absolute atomic E-state index is 14.0. The summed E-state index contributed by atoms with van der Waals surface area (Å²) in [5.41, 5.74) is 0.761. The Labute approximate surface area is 365 Å². The predicted octanol–water partition coefficient (Wildman–Crippen LogP) is 3.34. The molecule has 4 heterocycles. The summed E-state index contributed by atoms with van der Waals surface area (Å²) in [4.78, 5) is 32.1. The number of hydrogen-bond donors (Lipinski definition) is 4. The summed E-state index contributed by atoms with van der Waals surface area (Å²) < 4.78 is 42.6. The second-order valence-corrected chi connectivity index (χ2v) is 18.9. The smallest absolute Gasteiger partial charge is 0.308 e. The van der Waals surface area contributed by atoms with Crippen LogP contribution in [0.25, 0.3) is 0 Å². The van der Waals surface area contributed by atoms with Gasteiger partial charge in [0.05, 0.1) is 49.6 Å². The zero-order chi connectivity index (χ0) is 45.3. The van der Waals surface area contributed by atoms with E-state index < -0.39 is 103 Å². The molecule has 0 aromatic carbocycles. The van der Waals surface area contributed by atoms with Gasteiger partial charge in [-0.1, -0.05) is 52.3 Å². The van der Waals surface area contributed by atoms with Crippen LogP contribution in [0.2, 0.25) is 0 Å². The van der Waals surface area contributed by atoms with Crippen LogP contribution in [-0.2, 0) is 42.7 Å². The van der Waals surface area contributed by atoms with Crippen LogP contribution in [0.15, 0.2) is 23.8 Å². The van der Waals surface area contributed by atoms with Gasteiger partial charge in [0.2, 0.25) is 0 Å². The lowest BCUT2D eigenvalue weighted by Gasteiger charge is -2.47. The monoisotopic (exact) mass is 869 g/mol. The van der Waals surface area contributed by atoms with E-state index in [2.05, 4.69) is 18.7 Å². The van der Waals surface area contributed by atoms with Crippen LogP contribution in [-0.4, -0.2) is 176 Å². The molecule has 15 heteroatoms. The Morgan fingerprint density at radius 1 is 0.820 bits per heavy atom. The molecule has 4 rings (SSSR count). The molecule has 0 amide bonds. The number of methoxy groups -OCH3 is 2. The first-order chi connectivity index (χ1) is 28.8. The zero-order valence-electron chi connectivity index (χ0n) is 38.9. The Hall–Kier alpha value is -1.86. The first kappa shape index (κ1) is 51.8. The van der Waals surface area contributed by atoms with Crippen LogP contribution in [0.1, 0.15) is 87.5 Å². The number of carbonyl (C=O) groups is 2. The number of likely N-dealkylation sites (tertiary alicyclic amines) is 1. The molecule has 0 spiro atoms. The number of rotatable bonds is 12. The van der Waals surface area contributed by atoms with Crippen molar-refractivity contribution in [2.75, 3.05) is 54.6 Å². The van der Waals surface area contributed by atoms with Crippen molar-refractivity contribution in [1.29, 1.82) is 0 Å². The van der Waals surface area contributed by atoms with Crippen LogP contribution in [0.3, 0.4) is 0 Å². The highest BCUT2D eigenvalue weighted by Gasteiger charge is 2.48. The Bertz CT molecular complexity index is 1420. The molecule has 0 saturated carbocycles. The number of ether oxygens (including phenoxy) is 7. The molecule has 352 valence electrons. The summed E-state index contributed by atoms with van der Waals surface area (Å²) in [5, 5.41) is 45.3. The van der Waals surface area contributed by atoms with Crippen molar-refractivity contribution in [3.8, 4) is 0 Å². The number of cyclic esters (lactones) is 1. The Morgan fingerprint density at radius 3 is 2.05 bits per heavy atom. The minimum Gasteiger partial charge on any atom is -0.462 e. The van der Waals surface area contributed by atoms with E-state index in [4.69, 9.17) is 33.2 Å². The quantitative estimate of drug-likeness (QED) is 0.209. The van der Waals surface area contributed by atoms with E-state index in [1.54, 1.807) is 45.0 Å². The Balaban J connectivity index is 1.68. The molecule has 19 atom stereocenters. The van der Waals surface area contributed by atoms with Crippen molar-refractivity contribution in [3.05, 3.63) is 23.8 Å². The van der Waals surface area contributed by atoms with Crippen molar-refractivity contribution >= 4 is 11.8 Å². The molecule has 4 aliphatic rings. The van der Waals surface area contributed by atoms with Gasteiger partial charge in [-0.2, -0.15) is 0 Å². The van der Waals surface area contributed by atoms with Crippen LogP contribution in [0, 0.1) is 35.5 Å². The van der Waals surface area contributed by atoms with Crippen molar-refractivity contribution in [2.24, 2.45) is 35.5 Å². The van der Waals surface area contributed by atoms with Gasteiger partial charge in [-0.3, -0.25) is 9.59 Å². The third-order valence-corrected chi connectivity index (χ3v) is 13.5. The van der Waals surface area contributed by atoms with E-state index in [9.17, 15) is 30.0 Å². The molecule has 0 aliphatic carbocycles. The molecule has 15 nitrogen and oxygen atoms in total. The van der Waals surface area contributed by atoms with E-state index in [0.717, 1.165) is 25.2 Å². The van der Waals surface area contributed by atoms with E-state index in [0.29, 0.717) is 31.1 Å². The number of piperidine rings is 1. The summed E-state index contributed by atoms with van der Waals surface area (Å²) in [5.74, 6) is -1.46. The number of likely N-dealkylation sites (N-methyl/N-ethyl adjacent to an activating group) is 1. The van der Waals surface area contributed by atoms with E-state index in [1.165, 1.54) is 20.6 Å². The van der Waals surface area contributed by atoms with Gasteiger partial charge in [-0.25, -0.2) is 0 Å². The van der Waals surface area contributed by atoms with Crippen LogP contribution < -0.4 is 0 Å². The third kappa shape index (κ3) is 13.8. The molecule has 4 N–H and O–H groups in total. The summed E-state index contributed by atoms with van der Waals surface area (Å²) in [7, 11) is 6.54. The molecule has 4 aliphatic heterocycles. The summed E-state index contributed by atoms with van der Waals surface area (Å²) in [6.07, 6.45) is -2.96. The first-order valence-corrected chi connectivity index (χ1v) is 22.6. The van der Waals surface area contributed by atoms with Crippen LogP contribution in [0.4, 0.5) is 0 Å². The van der Waals surface area contributed by atoms with Gasteiger partial charge in [0.25, 0.3) is 0 Å². The van der Waals surface area contributed by atoms with Gasteiger partial charge in [0.1, 0.15) is 30.5 Å². The molecule has 0 bridgehead atoms. The number of hydrogen-bond acceptors (Lipinski definition) is 15. The van der Waals surface area contributed by atoms with Crippen molar-refractivity contribution in [1.82, 2.24) is 9.80 Å². The third-order valence-electron chi connectivity index (χ3n) is 13.5. The molecule has 61 heavy (non-hydrogen) atoms. The fourth-order valence-electron chi connectivity index (χ4n) is 10.0. The molecule has 0 aromatic rings. The van der Waals surface area contributed by atoms with Gasteiger partial charge < -0.3 is 63.4 Å². The van der Waals surface area contributed by atoms with Gasteiger partial charge >= 0.3 is 5.97 Å². The fourth-order valence-corrected chi connectivity index (χ4v) is 10.0. The highest BCUT2D eigenvalue weighted by Crippen LogP contribution is 2.36. The van der Waals surface area contributed by atoms with Gasteiger partial charge in [-0.15, -0.1) is 0 Å². The van der Waals surface area contributed by atoms with Gasteiger partial charge in [0.15, 0.2) is 18.4 Å². The summed E-state index contributed by atoms with van der Waals surface area (Å²) in [6, 6.07) is -0.684. The minimum atomic E-state index is -1.23. The highest BCUT2D eigenvalue weighted by atomic mass is 16.7. The topological polar surface area (TPSA) is 186 Å². The van der Waals surface area contributed by atoms with E-state index >= 15 is 0 Å².